The van der Waals surface area contributed by atoms with Crippen LogP contribution in [-0.4, -0.2) is 55.5 Å². The fraction of sp³-hybridized carbons (Fsp3) is 0.409. The van der Waals surface area contributed by atoms with Gasteiger partial charge in [-0.15, -0.1) is 0 Å². The predicted molar refractivity (Wildman–Crippen MR) is 106 cm³/mol. The Morgan fingerprint density at radius 1 is 1.00 bits per heavy atom. The summed E-state index contributed by atoms with van der Waals surface area (Å²) in [6.07, 6.45) is -0.405. The Morgan fingerprint density at radius 2 is 1.58 bits per heavy atom. The lowest BCUT2D eigenvalue weighted by molar-refractivity contribution is -0.140. The molecule has 26 heavy (non-hydrogen) atoms. The molecule has 0 heterocycles. The number of benzene rings is 2. The molecule has 2 aromatic carbocycles. The molecule has 1 amide bonds. The summed E-state index contributed by atoms with van der Waals surface area (Å²) in [6.45, 7) is 2.69. The number of carbonyl (C=O) groups is 1. The Balaban J connectivity index is 2.71. The van der Waals surface area contributed by atoms with Crippen LogP contribution in [0.1, 0.15) is 29.2 Å². The third-order valence-electron chi connectivity index (χ3n) is 4.95. The number of nitrogens with zero attached hydrogens (tertiary/aromatic N) is 2. The van der Waals surface area contributed by atoms with Crippen LogP contribution in [0.25, 0.3) is 0 Å². The van der Waals surface area contributed by atoms with Crippen molar-refractivity contribution in [3.8, 4) is 0 Å². The van der Waals surface area contributed by atoms with Gasteiger partial charge in [-0.3, -0.25) is 4.79 Å². The van der Waals surface area contributed by atoms with E-state index in [9.17, 15) is 9.90 Å². The maximum atomic E-state index is 13.5. The first-order valence-corrected chi connectivity index (χ1v) is 8.96. The topological polar surface area (TPSA) is 43.8 Å². The van der Waals surface area contributed by atoms with Crippen molar-refractivity contribution >= 4 is 5.91 Å². The maximum absolute atomic E-state index is 13.5. The Hall–Kier alpha value is -2.17. The van der Waals surface area contributed by atoms with E-state index in [-0.39, 0.29) is 5.91 Å². The Bertz CT molecular complexity index is 728. The first-order valence-electron chi connectivity index (χ1n) is 8.96. The highest BCUT2D eigenvalue weighted by Gasteiger charge is 2.48. The molecular formula is C22H30N2O2. The quantitative estimate of drug-likeness (QED) is 0.831. The average Bonchev–Trinajstić information content (AvgIpc) is 2.63. The fourth-order valence-corrected chi connectivity index (χ4v) is 3.55. The lowest BCUT2D eigenvalue weighted by atomic mass is 9.68. The molecule has 0 saturated carbocycles. The fourth-order valence-electron chi connectivity index (χ4n) is 3.55. The number of aryl methyl sites for hydroxylation is 1. The van der Waals surface area contributed by atoms with Crippen molar-refractivity contribution in [2.24, 2.45) is 0 Å². The molecule has 0 fully saturated rings. The van der Waals surface area contributed by atoms with Gasteiger partial charge in [0.1, 0.15) is 5.41 Å². The number of amides is 1. The van der Waals surface area contributed by atoms with Gasteiger partial charge in [0.2, 0.25) is 5.91 Å². The van der Waals surface area contributed by atoms with E-state index in [0.717, 1.165) is 16.7 Å². The van der Waals surface area contributed by atoms with Crippen LogP contribution < -0.4 is 0 Å². The molecule has 140 valence electrons. The summed E-state index contributed by atoms with van der Waals surface area (Å²) in [6, 6.07) is 17.4. The largest absolute Gasteiger partial charge is 0.387 e. The van der Waals surface area contributed by atoms with E-state index >= 15 is 0 Å². The molecule has 0 spiro atoms. The van der Waals surface area contributed by atoms with Crippen molar-refractivity contribution in [3.63, 3.8) is 0 Å². The lowest BCUT2D eigenvalue weighted by Crippen LogP contribution is -2.50. The summed E-state index contributed by atoms with van der Waals surface area (Å²) >= 11 is 0. The van der Waals surface area contributed by atoms with Crippen LogP contribution in [0.5, 0.6) is 0 Å². The molecule has 0 radical (unpaired) electrons. The third kappa shape index (κ3) is 3.97. The lowest BCUT2D eigenvalue weighted by Gasteiger charge is -2.41. The molecule has 0 aromatic heterocycles. The smallest absolute Gasteiger partial charge is 0.235 e. The van der Waals surface area contributed by atoms with Gasteiger partial charge in [0.25, 0.3) is 0 Å². The average molecular weight is 354 g/mol. The van der Waals surface area contributed by atoms with Gasteiger partial charge in [-0.1, -0.05) is 54.6 Å². The molecule has 2 unspecified atom stereocenters. The molecule has 0 bridgehead atoms. The van der Waals surface area contributed by atoms with Crippen molar-refractivity contribution in [2.75, 3.05) is 34.7 Å². The van der Waals surface area contributed by atoms with E-state index in [2.05, 4.69) is 0 Å². The van der Waals surface area contributed by atoms with E-state index in [1.54, 1.807) is 19.0 Å². The highest BCUT2D eigenvalue weighted by atomic mass is 16.3. The van der Waals surface area contributed by atoms with E-state index in [1.165, 1.54) is 0 Å². The standard InChI is InChI=1S/C22H30N2O2/c1-17-11-9-10-14-19(17)22(15-16-23(2)3,21(26)24(4)5)20(25)18-12-7-6-8-13-18/h6-14,20,25H,15-16H2,1-5H3. The number of aliphatic hydroxyl groups is 1. The monoisotopic (exact) mass is 354 g/mol. The third-order valence-corrected chi connectivity index (χ3v) is 4.95. The predicted octanol–water partition coefficient (Wildman–Crippen LogP) is 3.01. The molecule has 1 N–H and O–H groups in total. The molecule has 0 aliphatic rings. The zero-order chi connectivity index (χ0) is 19.3. The molecule has 2 atom stereocenters. The van der Waals surface area contributed by atoms with Crippen LogP contribution in [0, 0.1) is 6.92 Å². The van der Waals surface area contributed by atoms with Gasteiger partial charge in [-0.25, -0.2) is 0 Å². The summed E-state index contributed by atoms with van der Waals surface area (Å²) in [5, 5.41) is 11.5. The minimum Gasteiger partial charge on any atom is -0.387 e. The van der Waals surface area contributed by atoms with Gasteiger partial charge in [0.15, 0.2) is 0 Å². The van der Waals surface area contributed by atoms with Crippen molar-refractivity contribution in [2.45, 2.75) is 24.9 Å². The second-order valence-electron chi connectivity index (χ2n) is 7.35. The zero-order valence-electron chi connectivity index (χ0n) is 16.4. The molecule has 0 saturated heterocycles. The Kier molecular flexibility index (Phi) is 6.57. The van der Waals surface area contributed by atoms with Gasteiger partial charge in [0.05, 0.1) is 6.10 Å². The molecular weight excluding hydrogens is 324 g/mol. The number of aliphatic hydroxyl groups excluding tert-OH is 1. The van der Waals surface area contributed by atoms with E-state index in [0.29, 0.717) is 13.0 Å². The molecule has 0 aliphatic heterocycles. The summed E-state index contributed by atoms with van der Waals surface area (Å²) in [7, 11) is 7.47. The van der Waals surface area contributed by atoms with E-state index in [4.69, 9.17) is 0 Å². The number of likely N-dealkylation sites (N-methyl/N-ethyl adjacent to an activating group) is 1. The van der Waals surface area contributed by atoms with Crippen molar-refractivity contribution in [1.29, 1.82) is 0 Å². The second kappa shape index (κ2) is 8.47. The van der Waals surface area contributed by atoms with E-state index < -0.39 is 11.5 Å². The summed E-state index contributed by atoms with van der Waals surface area (Å²) in [5.74, 6) is -0.0787. The van der Waals surface area contributed by atoms with Crippen LogP contribution in [0.15, 0.2) is 54.6 Å². The highest BCUT2D eigenvalue weighted by molar-refractivity contribution is 5.89. The number of rotatable bonds is 7. The van der Waals surface area contributed by atoms with Crippen LogP contribution in [0.3, 0.4) is 0 Å². The van der Waals surface area contributed by atoms with Crippen LogP contribution >= 0.6 is 0 Å². The molecule has 2 aromatic rings. The van der Waals surface area contributed by atoms with Crippen molar-refractivity contribution in [3.05, 3.63) is 71.3 Å². The first kappa shape index (κ1) is 20.1. The van der Waals surface area contributed by atoms with E-state index in [1.807, 2.05) is 80.5 Å². The van der Waals surface area contributed by atoms with Gasteiger partial charge in [-0.05, 0) is 50.7 Å². The number of hydrogen-bond donors (Lipinski definition) is 1. The summed E-state index contributed by atoms with van der Waals surface area (Å²) in [5.41, 5.74) is 1.61. The van der Waals surface area contributed by atoms with Crippen molar-refractivity contribution in [1.82, 2.24) is 9.80 Å². The summed E-state index contributed by atoms with van der Waals surface area (Å²) in [4.78, 5) is 17.1. The Morgan fingerprint density at radius 3 is 2.12 bits per heavy atom. The minimum absolute atomic E-state index is 0.0787. The van der Waals surface area contributed by atoms with Gasteiger partial charge >= 0.3 is 0 Å². The maximum Gasteiger partial charge on any atom is 0.235 e. The molecule has 0 aliphatic carbocycles. The first-order chi connectivity index (χ1) is 12.3. The summed E-state index contributed by atoms with van der Waals surface area (Å²) < 4.78 is 0. The zero-order valence-corrected chi connectivity index (χ0v) is 16.4. The molecule has 2 rings (SSSR count). The normalized spacial score (nSPS) is 14.7. The molecule has 4 nitrogen and oxygen atoms in total. The van der Waals surface area contributed by atoms with Crippen molar-refractivity contribution < 1.29 is 9.90 Å². The molecule has 4 heteroatoms. The van der Waals surface area contributed by atoms with Gasteiger partial charge in [-0.2, -0.15) is 0 Å². The minimum atomic E-state index is -1.04. The number of hydrogen-bond acceptors (Lipinski definition) is 3. The van der Waals surface area contributed by atoms with Crippen LogP contribution in [0.4, 0.5) is 0 Å². The van der Waals surface area contributed by atoms with Gasteiger partial charge in [0, 0.05) is 14.1 Å². The van der Waals surface area contributed by atoms with Crippen LogP contribution in [0.2, 0.25) is 0 Å². The second-order valence-corrected chi connectivity index (χ2v) is 7.35. The number of carbonyl (C=O) groups excluding carboxylic acids is 1. The van der Waals surface area contributed by atoms with Gasteiger partial charge < -0.3 is 14.9 Å². The highest BCUT2D eigenvalue weighted by Crippen LogP contribution is 2.43. The van der Waals surface area contributed by atoms with Crippen LogP contribution in [-0.2, 0) is 10.2 Å². The Labute approximate surface area is 157 Å². The SMILES string of the molecule is Cc1ccccc1C(CCN(C)C)(C(=O)N(C)C)C(O)c1ccccc1.